The maximum absolute atomic E-state index is 12.9. The zero-order valence-corrected chi connectivity index (χ0v) is 17.4. The van der Waals surface area contributed by atoms with Gasteiger partial charge in [0, 0.05) is 13.7 Å². The van der Waals surface area contributed by atoms with E-state index in [1.165, 1.54) is 0 Å². The second kappa shape index (κ2) is 5.89. The molecule has 0 amide bonds. The number of hydrogen-bond acceptors (Lipinski definition) is 2. The lowest BCUT2D eigenvalue weighted by atomic mass is 10.2. The Labute approximate surface area is 137 Å². The number of sulfonamides is 1. The minimum Gasteiger partial charge on any atom is -0.212 e. The summed E-state index contributed by atoms with van der Waals surface area (Å²) in [6, 6.07) is 11.0. The summed E-state index contributed by atoms with van der Waals surface area (Å²) in [6.45, 7) is 13.5. The van der Waals surface area contributed by atoms with Crippen LogP contribution < -0.4 is 0 Å². The molecule has 1 fully saturated rings. The molecular formula is C16H29NO2SSi2. The molecule has 1 saturated heterocycles. The normalized spacial score (nSPS) is 26.0. The smallest absolute Gasteiger partial charge is 0.212 e. The molecule has 0 N–H and O–H groups in total. The van der Waals surface area contributed by atoms with Crippen LogP contribution in [-0.2, 0) is 10.0 Å². The SMILES string of the molecule is C[Si](C)(C)CCS(=O)(=O)N1[C@H](c2ccccc2)[C@@H]1[Si](C)(C)C. The molecule has 1 aliphatic heterocycles. The monoisotopic (exact) mass is 355 g/mol. The lowest BCUT2D eigenvalue weighted by Gasteiger charge is -2.18. The summed E-state index contributed by atoms with van der Waals surface area (Å²) in [5.41, 5.74) is 1.35. The van der Waals surface area contributed by atoms with Crippen molar-refractivity contribution in [3.8, 4) is 0 Å². The minimum absolute atomic E-state index is 0.0690. The fourth-order valence-corrected chi connectivity index (χ4v) is 11.3. The van der Waals surface area contributed by atoms with E-state index in [4.69, 9.17) is 0 Å². The van der Waals surface area contributed by atoms with E-state index in [0.717, 1.165) is 11.6 Å². The number of nitrogens with zero attached hydrogens (tertiary/aromatic N) is 1. The van der Waals surface area contributed by atoms with E-state index in [1.807, 2.05) is 22.5 Å². The quantitative estimate of drug-likeness (QED) is 0.572. The Morgan fingerprint density at radius 2 is 1.55 bits per heavy atom. The van der Waals surface area contributed by atoms with Gasteiger partial charge in [-0.15, -0.1) is 0 Å². The molecule has 1 aromatic rings. The Bertz CT molecular complexity index is 618. The molecule has 2 rings (SSSR count). The molecule has 22 heavy (non-hydrogen) atoms. The first kappa shape index (κ1) is 17.9. The summed E-state index contributed by atoms with van der Waals surface area (Å²) in [5.74, 6) is 0.313. The fraction of sp³-hybridized carbons (Fsp3) is 0.625. The van der Waals surface area contributed by atoms with Crippen molar-refractivity contribution in [2.75, 3.05) is 5.75 Å². The van der Waals surface area contributed by atoms with Crippen molar-refractivity contribution in [2.24, 2.45) is 0 Å². The second-order valence-corrected chi connectivity index (χ2v) is 21.6. The molecule has 6 heteroatoms. The Morgan fingerprint density at radius 1 is 1.00 bits per heavy atom. The molecule has 1 aromatic carbocycles. The standard InChI is InChI=1S/C16H29NO2SSi2/c1-21(2,3)13-12-20(18,19)17-15(16(17)22(4,5)6)14-10-8-7-9-11-14/h7-11,15-16H,12-13H2,1-6H3/t15-,16+,17?/m1/s1. The van der Waals surface area contributed by atoms with Crippen molar-refractivity contribution < 1.29 is 8.42 Å². The van der Waals surface area contributed by atoms with E-state index < -0.39 is 26.2 Å². The van der Waals surface area contributed by atoms with E-state index in [-0.39, 0.29) is 11.7 Å². The van der Waals surface area contributed by atoms with Crippen molar-refractivity contribution in [2.45, 2.75) is 57.0 Å². The summed E-state index contributed by atoms with van der Waals surface area (Å²) < 4.78 is 27.5. The van der Waals surface area contributed by atoms with Crippen molar-refractivity contribution in [3.63, 3.8) is 0 Å². The largest absolute Gasteiger partial charge is 0.214 e. The molecule has 0 aliphatic carbocycles. The second-order valence-electron chi connectivity index (χ2n) is 8.62. The van der Waals surface area contributed by atoms with Gasteiger partial charge in [0.25, 0.3) is 0 Å². The van der Waals surface area contributed by atoms with Gasteiger partial charge in [0.1, 0.15) is 0 Å². The maximum Gasteiger partial charge on any atom is 0.214 e. The van der Waals surface area contributed by atoms with Gasteiger partial charge in [-0.2, -0.15) is 4.31 Å². The van der Waals surface area contributed by atoms with Crippen molar-refractivity contribution in [1.29, 1.82) is 0 Å². The predicted molar refractivity (Wildman–Crippen MR) is 100 cm³/mol. The van der Waals surface area contributed by atoms with Crippen LogP contribution >= 0.6 is 0 Å². The topological polar surface area (TPSA) is 37.1 Å². The zero-order chi connectivity index (χ0) is 16.8. The molecule has 1 heterocycles. The lowest BCUT2D eigenvalue weighted by Crippen LogP contribution is -2.35. The van der Waals surface area contributed by atoms with Gasteiger partial charge in [-0.05, 0) is 11.6 Å². The van der Waals surface area contributed by atoms with Gasteiger partial charge < -0.3 is 0 Å². The first-order valence-corrected chi connectivity index (χ1v) is 16.9. The third-order valence-corrected chi connectivity index (χ3v) is 10.7. The van der Waals surface area contributed by atoms with Crippen LogP contribution in [0.3, 0.4) is 0 Å². The van der Waals surface area contributed by atoms with Crippen LogP contribution in [0.15, 0.2) is 30.3 Å². The van der Waals surface area contributed by atoms with Crippen molar-refractivity contribution in [1.82, 2.24) is 4.31 Å². The molecule has 124 valence electrons. The average molecular weight is 356 g/mol. The highest BCUT2D eigenvalue weighted by Crippen LogP contribution is 2.50. The molecular weight excluding hydrogens is 326 g/mol. The van der Waals surface area contributed by atoms with Gasteiger partial charge in [0.05, 0.1) is 19.9 Å². The first-order valence-electron chi connectivity index (χ1n) is 8.00. The van der Waals surface area contributed by atoms with Crippen LogP contribution in [0.5, 0.6) is 0 Å². The maximum atomic E-state index is 12.9. The van der Waals surface area contributed by atoms with Crippen LogP contribution in [0.2, 0.25) is 45.3 Å². The van der Waals surface area contributed by atoms with E-state index in [2.05, 4.69) is 51.4 Å². The van der Waals surface area contributed by atoms with Gasteiger partial charge in [-0.25, -0.2) is 8.42 Å². The van der Waals surface area contributed by atoms with E-state index in [9.17, 15) is 8.42 Å². The molecule has 1 aliphatic rings. The highest BCUT2D eigenvalue weighted by atomic mass is 32.2. The van der Waals surface area contributed by atoms with Crippen molar-refractivity contribution in [3.05, 3.63) is 35.9 Å². The van der Waals surface area contributed by atoms with Crippen LogP contribution in [0.25, 0.3) is 0 Å². The van der Waals surface area contributed by atoms with Gasteiger partial charge in [-0.3, -0.25) is 0 Å². The van der Waals surface area contributed by atoms with Gasteiger partial charge in [-0.1, -0.05) is 69.6 Å². The molecule has 3 atom stereocenters. The van der Waals surface area contributed by atoms with E-state index in [1.54, 1.807) is 0 Å². The summed E-state index contributed by atoms with van der Waals surface area (Å²) in [4.78, 5) is 0. The predicted octanol–water partition coefficient (Wildman–Crippen LogP) is 3.96. The molecule has 0 radical (unpaired) electrons. The molecule has 3 nitrogen and oxygen atoms in total. The van der Waals surface area contributed by atoms with Gasteiger partial charge >= 0.3 is 0 Å². The summed E-state index contributed by atoms with van der Waals surface area (Å²) in [6.07, 6.45) is 0. The number of rotatable bonds is 6. The highest BCUT2D eigenvalue weighted by molar-refractivity contribution is 7.89. The average Bonchev–Trinajstić information content (AvgIpc) is 3.13. The van der Waals surface area contributed by atoms with Gasteiger partial charge in [0.2, 0.25) is 10.0 Å². The van der Waals surface area contributed by atoms with Gasteiger partial charge in [0.15, 0.2) is 0 Å². The van der Waals surface area contributed by atoms with Crippen LogP contribution in [0.1, 0.15) is 11.6 Å². The molecule has 0 saturated carbocycles. The number of benzene rings is 1. The Morgan fingerprint density at radius 3 is 2.00 bits per heavy atom. The molecule has 0 spiro atoms. The summed E-state index contributed by atoms with van der Waals surface area (Å²) >= 11 is 0. The van der Waals surface area contributed by atoms with E-state index >= 15 is 0 Å². The Hall–Kier alpha value is -0.436. The molecule has 0 bridgehead atoms. The Kier molecular flexibility index (Phi) is 4.79. The molecule has 1 unspecified atom stereocenters. The molecule has 0 aromatic heterocycles. The zero-order valence-electron chi connectivity index (χ0n) is 14.6. The fourth-order valence-electron chi connectivity index (χ4n) is 2.93. The lowest BCUT2D eigenvalue weighted by molar-refractivity contribution is 0.553. The summed E-state index contributed by atoms with van der Waals surface area (Å²) in [7, 11) is -6.05. The first-order chi connectivity index (χ1) is 9.93. The van der Waals surface area contributed by atoms with Crippen molar-refractivity contribution >= 4 is 26.2 Å². The highest BCUT2D eigenvalue weighted by Gasteiger charge is 2.60. The van der Waals surface area contributed by atoms with E-state index in [0.29, 0.717) is 5.75 Å². The Balaban J connectivity index is 2.25. The van der Waals surface area contributed by atoms with Crippen LogP contribution in [0, 0.1) is 0 Å². The van der Waals surface area contributed by atoms with Crippen LogP contribution in [0.4, 0.5) is 0 Å². The third-order valence-electron chi connectivity index (χ3n) is 4.22. The van der Waals surface area contributed by atoms with Crippen LogP contribution in [-0.4, -0.2) is 40.3 Å². The number of hydrogen-bond donors (Lipinski definition) is 0. The third kappa shape index (κ3) is 4.10. The summed E-state index contributed by atoms with van der Waals surface area (Å²) in [5, 5.41) is 0. The minimum atomic E-state index is -3.15.